The maximum Gasteiger partial charge on any atom is 0.433 e. The zero-order valence-corrected chi connectivity index (χ0v) is 16.1. The summed E-state index contributed by atoms with van der Waals surface area (Å²) in [4.78, 5) is 11.2. The molecule has 0 saturated carbocycles. The van der Waals surface area contributed by atoms with Crippen LogP contribution in [0.3, 0.4) is 0 Å². The van der Waals surface area contributed by atoms with E-state index in [-0.39, 0.29) is 34.0 Å². The van der Waals surface area contributed by atoms with Gasteiger partial charge in [0.25, 0.3) is 0 Å². The molecule has 3 heterocycles. The minimum absolute atomic E-state index is 0.0674. The lowest BCUT2D eigenvalue weighted by atomic mass is 10.3. The number of sulfonamides is 1. The molecule has 1 N–H and O–H groups in total. The molecule has 0 fully saturated rings. The van der Waals surface area contributed by atoms with Crippen molar-refractivity contribution in [1.82, 2.24) is 24.2 Å². The molecule has 0 aliphatic rings. The molecule has 12 heteroatoms. The van der Waals surface area contributed by atoms with Gasteiger partial charge in [-0.2, -0.15) is 18.4 Å². The number of rotatable bonds is 5. The van der Waals surface area contributed by atoms with Crippen LogP contribution >= 0.6 is 0 Å². The Morgan fingerprint density at radius 2 is 2.00 bits per heavy atom. The summed E-state index contributed by atoms with van der Waals surface area (Å²) in [6.45, 7) is 3.52. The lowest BCUT2D eigenvalue weighted by Gasteiger charge is -2.15. The van der Waals surface area contributed by atoms with E-state index in [0.29, 0.717) is 0 Å². The van der Waals surface area contributed by atoms with Crippen LogP contribution in [0.25, 0.3) is 11.0 Å². The Balaban J connectivity index is 1.97. The zero-order chi connectivity index (χ0) is 21.4. The second-order valence-corrected chi connectivity index (χ2v) is 7.82. The van der Waals surface area contributed by atoms with Crippen LogP contribution in [0.1, 0.15) is 37.1 Å². The van der Waals surface area contributed by atoms with Gasteiger partial charge in [-0.1, -0.05) is 0 Å². The van der Waals surface area contributed by atoms with E-state index in [4.69, 9.17) is 5.26 Å². The average Bonchev–Trinajstić information content (AvgIpc) is 3.05. The summed E-state index contributed by atoms with van der Waals surface area (Å²) in [5.41, 5.74) is -0.558. The van der Waals surface area contributed by atoms with Gasteiger partial charge < -0.3 is 4.57 Å². The Bertz CT molecular complexity index is 1200. The molecule has 3 aromatic heterocycles. The molecule has 0 radical (unpaired) electrons. The number of halogens is 3. The number of nitrogens with zero attached hydrogens (tertiary/aromatic N) is 5. The largest absolute Gasteiger partial charge is 0.433 e. The number of pyridine rings is 2. The average molecular weight is 424 g/mol. The summed E-state index contributed by atoms with van der Waals surface area (Å²) in [7, 11) is -4.00. The summed E-state index contributed by atoms with van der Waals surface area (Å²) in [6.07, 6.45) is -2.54. The van der Waals surface area contributed by atoms with Crippen LogP contribution in [0.15, 0.2) is 35.5 Å². The highest BCUT2D eigenvalue weighted by Crippen LogP contribution is 2.30. The van der Waals surface area contributed by atoms with Gasteiger partial charge in [-0.3, -0.25) is 0 Å². The minimum atomic E-state index is -4.60. The van der Waals surface area contributed by atoms with Crippen molar-refractivity contribution in [1.29, 1.82) is 5.26 Å². The number of fused-ring (bicyclic) bond motifs is 1. The molecule has 0 aliphatic carbocycles. The Labute approximate surface area is 164 Å². The molecular formula is C17H15F3N6O2S. The SMILES string of the molecule is CCn1c(C(C)NS(=O)(=O)c2ccc(C#N)nc2)nc2cnc(C(F)(F)F)cc21. The van der Waals surface area contributed by atoms with Gasteiger partial charge in [-0.25, -0.2) is 28.1 Å². The first-order valence-electron chi connectivity index (χ1n) is 8.38. The Morgan fingerprint density at radius 1 is 1.28 bits per heavy atom. The van der Waals surface area contributed by atoms with Crippen molar-refractivity contribution < 1.29 is 21.6 Å². The topological polar surface area (TPSA) is 114 Å². The number of aromatic nitrogens is 4. The highest BCUT2D eigenvalue weighted by atomic mass is 32.2. The van der Waals surface area contributed by atoms with Crippen LogP contribution in [-0.2, 0) is 22.7 Å². The second kappa shape index (κ2) is 7.41. The van der Waals surface area contributed by atoms with Crippen LogP contribution in [0.4, 0.5) is 13.2 Å². The minimum Gasteiger partial charge on any atom is -0.327 e. The van der Waals surface area contributed by atoms with Crippen molar-refractivity contribution in [3.63, 3.8) is 0 Å². The van der Waals surface area contributed by atoms with Gasteiger partial charge in [0.05, 0.1) is 17.8 Å². The third-order valence-electron chi connectivity index (χ3n) is 4.15. The Kier molecular flexibility index (Phi) is 5.29. The summed E-state index contributed by atoms with van der Waals surface area (Å²) in [5, 5.41) is 8.76. The molecule has 0 saturated heterocycles. The van der Waals surface area contributed by atoms with Gasteiger partial charge in [0.2, 0.25) is 10.0 Å². The summed E-state index contributed by atoms with van der Waals surface area (Å²) >= 11 is 0. The van der Waals surface area contributed by atoms with Crippen molar-refractivity contribution in [2.45, 2.75) is 37.5 Å². The molecule has 0 spiro atoms. The molecule has 0 bridgehead atoms. The quantitative estimate of drug-likeness (QED) is 0.674. The molecule has 3 rings (SSSR count). The first kappa shape index (κ1) is 20.7. The van der Waals surface area contributed by atoms with Gasteiger partial charge in [0.15, 0.2) is 0 Å². The molecular weight excluding hydrogens is 409 g/mol. The van der Waals surface area contributed by atoms with Crippen LogP contribution < -0.4 is 4.72 Å². The van der Waals surface area contributed by atoms with Crippen molar-refractivity contribution in [3.05, 3.63) is 47.8 Å². The van der Waals surface area contributed by atoms with Crippen molar-refractivity contribution >= 4 is 21.1 Å². The first-order valence-corrected chi connectivity index (χ1v) is 9.87. The number of nitriles is 1. The number of aryl methyl sites for hydroxylation is 1. The highest BCUT2D eigenvalue weighted by Gasteiger charge is 2.33. The van der Waals surface area contributed by atoms with Gasteiger partial charge in [0, 0.05) is 12.7 Å². The second-order valence-electron chi connectivity index (χ2n) is 6.10. The molecule has 0 aromatic carbocycles. The van der Waals surface area contributed by atoms with E-state index in [1.807, 2.05) is 0 Å². The Hall–Kier alpha value is -3.04. The lowest BCUT2D eigenvalue weighted by Crippen LogP contribution is -2.29. The molecule has 0 amide bonds. The number of hydrogen-bond donors (Lipinski definition) is 1. The van der Waals surface area contributed by atoms with Crippen molar-refractivity contribution in [2.75, 3.05) is 0 Å². The molecule has 152 valence electrons. The number of alkyl halides is 3. The fourth-order valence-electron chi connectivity index (χ4n) is 2.82. The van der Waals surface area contributed by atoms with E-state index in [1.54, 1.807) is 13.0 Å². The molecule has 0 aliphatic heterocycles. The van der Waals surface area contributed by atoms with Gasteiger partial charge in [0.1, 0.15) is 33.7 Å². The molecule has 1 atom stereocenters. The van der Waals surface area contributed by atoms with E-state index in [2.05, 4.69) is 19.7 Å². The van der Waals surface area contributed by atoms with Crippen LogP contribution in [0, 0.1) is 11.3 Å². The molecule has 29 heavy (non-hydrogen) atoms. The third kappa shape index (κ3) is 4.06. The van der Waals surface area contributed by atoms with E-state index in [1.165, 1.54) is 23.6 Å². The third-order valence-corrected chi connectivity index (χ3v) is 5.68. The lowest BCUT2D eigenvalue weighted by molar-refractivity contribution is -0.141. The zero-order valence-electron chi connectivity index (χ0n) is 15.3. The fourth-order valence-corrected chi connectivity index (χ4v) is 3.97. The van der Waals surface area contributed by atoms with Crippen molar-refractivity contribution in [2.24, 2.45) is 0 Å². The monoisotopic (exact) mass is 424 g/mol. The maximum absolute atomic E-state index is 13.0. The normalized spacial score (nSPS) is 13.4. The summed E-state index contributed by atoms with van der Waals surface area (Å²) < 4.78 is 68.0. The Morgan fingerprint density at radius 3 is 2.55 bits per heavy atom. The summed E-state index contributed by atoms with van der Waals surface area (Å²) in [5.74, 6) is 0.244. The van der Waals surface area contributed by atoms with E-state index >= 15 is 0 Å². The number of hydrogen-bond acceptors (Lipinski definition) is 6. The molecule has 1 unspecified atom stereocenters. The van der Waals surface area contributed by atoms with Gasteiger partial charge >= 0.3 is 6.18 Å². The van der Waals surface area contributed by atoms with E-state index in [9.17, 15) is 21.6 Å². The predicted molar refractivity (Wildman–Crippen MR) is 95.9 cm³/mol. The molecule has 3 aromatic rings. The number of nitrogens with one attached hydrogen (secondary N) is 1. The maximum atomic E-state index is 13.0. The van der Waals surface area contributed by atoms with Gasteiger partial charge in [-0.15, -0.1) is 0 Å². The van der Waals surface area contributed by atoms with Crippen LogP contribution in [-0.4, -0.2) is 27.9 Å². The predicted octanol–water partition coefficient (Wildman–Crippen LogP) is 2.78. The van der Waals surface area contributed by atoms with E-state index in [0.717, 1.165) is 18.5 Å². The molecule has 8 nitrogen and oxygen atoms in total. The first-order chi connectivity index (χ1) is 13.6. The van der Waals surface area contributed by atoms with E-state index < -0.39 is 27.9 Å². The van der Waals surface area contributed by atoms with Gasteiger partial charge in [-0.05, 0) is 32.0 Å². The summed E-state index contributed by atoms with van der Waals surface area (Å²) in [6, 6.07) is 4.34. The standard InChI is InChI=1S/C17H15F3N6O2S/c1-3-26-14-6-15(17(18,19)20)23-9-13(14)24-16(26)10(2)25-29(27,28)12-5-4-11(7-21)22-8-12/h4-6,8-10,25H,3H2,1-2H3. The van der Waals surface area contributed by atoms with Crippen molar-refractivity contribution in [3.8, 4) is 6.07 Å². The smallest absolute Gasteiger partial charge is 0.327 e. The highest BCUT2D eigenvalue weighted by molar-refractivity contribution is 7.89. The van der Waals surface area contributed by atoms with Crippen LogP contribution in [0.2, 0.25) is 0 Å². The fraction of sp³-hybridized carbons (Fsp3) is 0.294. The van der Waals surface area contributed by atoms with Crippen LogP contribution in [0.5, 0.6) is 0 Å². The number of imidazole rings is 1.